The quantitative estimate of drug-likeness (QED) is 0.893. The zero-order valence-electron chi connectivity index (χ0n) is 11.6. The van der Waals surface area contributed by atoms with Gasteiger partial charge in [-0.2, -0.15) is 0 Å². The molecule has 0 aliphatic rings. The molecule has 0 fully saturated rings. The Labute approximate surface area is 116 Å². The Kier molecular flexibility index (Phi) is 6.82. The number of nitrogens with zero attached hydrogens (tertiary/aromatic N) is 1. The summed E-state index contributed by atoms with van der Waals surface area (Å²) in [6.45, 7) is 7.90. The van der Waals surface area contributed by atoms with Crippen LogP contribution >= 0.6 is 12.4 Å². The Morgan fingerprint density at radius 3 is 2.50 bits per heavy atom. The van der Waals surface area contributed by atoms with E-state index < -0.39 is 0 Å². The molecule has 1 unspecified atom stereocenters. The van der Waals surface area contributed by atoms with E-state index in [1.54, 1.807) is 12.1 Å². The van der Waals surface area contributed by atoms with Crippen LogP contribution in [0.25, 0.3) is 0 Å². The lowest BCUT2D eigenvalue weighted by Crippen LogP contribution is -2.37. The van der Waals surface area contributed by atoms with Crippen molar-refractivity contribution in [1.29, 1.82) is 0 Å². The molecule has 0 bridgehead atoms. The highest BCUT2D eigenvalue weighted by Crippen LogP contribution is 2.23. The van der Waals surface area contributed by atoms with E-state index in [1.807, 2.05) is 13.1 Å². The normalized spacial score (nSPS) is 13.3. The van der Waals surface area contributed by atoms with E-state index in [1.165, 1.54) is 6.07 Å². The predicted molar refractivity (Wildman–Crippen MR) is 77.5 cm³/mol. The summed E-state index contributed by atoms with van der Waals surface area (Å²) in [5.74, 6) is -0.180. The zero-order chi connectivity index (χ0) is 13.1. The van der Waals surface area contributed by atoms with E-state index in [-0.39, 0.29) is 29.7 Å². The topological polar surface area (TPSA) is 29.3 Å². The van der Waals surface area contributed by atoms with E-state index in [4.69, 9.17) is 5.73 Å². The van der Waals surface area contributed by atoms with Crippen molar-refractivity contribution in [2.45, 2.75) is 26.8 Å². The van der Waals surface area contributed by atoms with Gasteiger partial charge in [0.2, 0.25) is 0 Å². The summed E-state index contributed by atoms with van der Waals surface area (Å²) >= 11 is 0. The smallest absolute Gasteiger partial charge is 0.123 e. The van der Waals surface area contributed by atoms with E-state index in [2.05, 4.69) is 25.7 Å². The van der Waals surface area contributed by atoms with Crippen molar-refractivity contribution in [2.75, 3.05) is 20.1 Å². The van der Waals surface area contributed by atoms with E-state index >= 15 is 0 Å². The SMILES string of the molecule is CC(c1cccc(F)c1)N(C)CC(C)(C)CN.Cl. The van der Waals surface area contributed by atoms with E-state index in [0.717, 1.165) is 12.1 Å². The highest BCUT2D eigenvalue weighted by Gasteiger charge is 2.21. The molecular formula is C14H24ClFN2. The number of rotatable bonds is 5. The maximum Gasteiger partial charge on any atom is 0.123 e. The third-order valence-corrected chi connectivity index (χ3v) is 3.22. The zero-order valence-corrected chi connectivity index (χ0v) is 12.4. The second kappa shape index (κ2) is 7.07. The molecule has 0 saturated carbocycles. The molecule has 1 aromatic carbocycles. The minimum atomic E-state index is -0.180. The Balaban J connectivity index is 0.00000289. The van der Waals surface area contributed by atoms with Crippen LogP contribution in [0, 0.1) is 11.2 Å². The second-order valence-electron chi connectivity index (χ2n) is 5.51. The fraction of sp³-hybridized carbons (Fsp3) is 0.571. The van der Waals surface area contributed by atoms with Crippen molar-refractivity contribution < 1.29 is 4.39 Å². The Hall–Kier alpha value is -0.640. The van der Waals surface area contributed by atoms with Crippen LogP contribution in [0.4, 0.5) is 4.39 Å². The lowest BCUT2D eigenvalue weighted by Gasteiger charge is -2.33. The first-order chi connectivity index (χ1) is 7.85. The molecule has 2 N–H and O–H groups in total. The first kappa shape index (κ1) is 17.4. The molecule has 1 atom stereocenters. The van der Waals surface area contributed by atoms with Gasteiger partial charge in [-0.05, 0) is 43.6 Å². The average molecular weight is 275 g/mol. The van der Waals surface area contributed by atoms with E-state index in [0.29, 0.717) is 6.54 Å². The standard InChI is InChI=1S/C14H23FN2.ClH/c1-11(12-6-5-7-13(15)8-12)17(4)10-14(2,3)9-16;/h5-8,11H,9-10,16H2,1-4H3;1H. The molecule has 4 heteroatoms. The summed E-state index contributed by atoms with van der Waals surface area (Å²) in [7, 11) is 2.05. The van der Waals surface area contributed by atoms with Crippen molar-refractivity contribution in [3.05, 3.63) is 35.6 Å². The maximum atomic E-state index is 13.2. The molecule has 0 saturated heterocycles. The fourth-order valence-electron chi connectivity index (χ4n) is 1.90. The van der Waals surface area contributed by atoms with Gasteiger partial charge >= 0.3 is 0 Å². The predicted octanol–water partition coefficient (Wildman–Crippen LogP) is 3.23. The van der Waals surface area contributed by atoms with Crippen LogP contribution in [-0.2, 0) is 0 Å². The third kappa shape index (κ3) is 4.92. The molecular weight excluding hydrogens is 251 g/mol. The van der Waals surface area contributed by atoms with Gasteiger partial charge in [-0.15, -0.1) is 12.4 Å². The van der Waals surface area contributed by atoms with Gasteiger partial charge in [-0.25, -0.2) is 4.39 Å². The van der Waals surface area contributed by atoms with Crippen molar-refractivity contribution >= 4 is 12.4 Å². The van der Waals surface area contributed by atoms with Crippen LogP contribution < -0.4 is 5.73 Å². The summed E-state index contributed by atoms with van der Waals surface area (Å²) in [5.41, 5.74) is 6.81. The number of nitrogens with two attached hydrogens (primary N) is 1. The van der Waals surface area contributed by atoms with Crippen LogP contribution in [0.5, 0.6) is 0 Å². The van der Waals surface area contributed by atoms with Gasteiger partial charge in [0.15, 0.2) is 0 Å². The van der Waals surface area contributed by atoms with Gasteiger partial charge < -0.3 is 5.73 Å². The van der Waals surface area contributed by atoms with Gasteiger partial charge in [0.05, 0.1) is 0 Å². The van der Waals surface area contributed by atoms with Crippen LogP contribution in [-0.4, -0.2) is 25.0 Å². The van der Waals surface area contributed by atoms with Crippen molar-refractivity contribution in [3.63, 3.8) is 0 Å². The number of benzene rings is 1. The Morgan fingerprint density at radius 1 is 1.39 bits per heavy atom. The van der Waals surface area contributed by atoms with Crippen molar-refractivity contribution in [2.24, 2.45) is 11.1 Å². The number of hydrogen-bond donors (Lipinski definition) is 1. The third-order valence-electron chi connectivity index (χ3n) is 3.22. The fourth-order valence-corrected chi connectivity index (χ4v) is 1.90. The first-order valence-electron chi connectivity index (χ1n) is 6.01. The molecule has 0 aromatic heterocycles. The maximum absolute atomic E-state index is 13.2. The lowest BCUT2D eigenvalue weighted by atomic mass is 9.92. The second-order valence-corrected chi connectivity index (χ2v) is 5.51. The van der Waals surface area contributed by atoms with Crippen molar-refractivity contribution in [1.82, 2.24) is 4.90 Å². The molecule has 0 aliphatic heterocycles. The van der Waals surface area contributed by atoms with Crippen LogP contribution in [0.15, 0.2) is 24.3 Å². The minimum absolute atomic E-state index is 0. The molecule has 104 valence electrons. The number of halogens is 2. The molecule has 0 amide bonds. The first-order valence-corrected chi connectivity index (χ1v) is 6.01. The molecule has 1 rings (SSSR count). The summed E-state index contributed by atoms with van der Waals surface area (Å²) in [4.78, 5) is 2.21. The van der Waals surface area contributed by atoms with Crippen LogP contribution in [0.1, 0.15) is 32.4 Å². The monoisotopic (exact) mass is 274 g/mol. The highest BCUT2D eigenvalue weighted by atomic mass is 35.5. The summed E-state index contributed by atoms with van der Waals surface area (Å²) in [6.07, 6.45) is 0. The lowest BCUT2D eigenvalue weighted by molar-refractivity contribution is 0.174. The molecule has 0 heterocycles. The van der Waals surface area contributed by atoms with Crippen LogP contribution in [0.3, 0.4) is 0 Å². The molecule has 2 nitrogen and oxygen atoms in total. The molecule has 18 heavy (non-hydrogen) atoms. The van der Waals surface area contributed by atoms with Gasteiger partial charge in [-0.3, -0.25) is 4.90 Å². The molecule has 0 spiro atoms. The highest BCUT2D eigenvalue weighted by molar-refractivity contribution is 5.85. The van der Waals surface area contributed by atoms with Crippen molar-refractivity contribution in [3.8, 4) is 0 Å². The summed E-state index contributed by atoms with van der Waals surface area (Å²) in [5, 5.41) is 0. The molecule has 0 radical (unpaired) electrons. The van der Waals surface area contributed by atoms with Crippen LogP contribution in [0.2, 0.25) is 0 Å². The Bertz CT molecular complexity index is 369. The molecule has 0 aliphatic carbocycles. The van der Waals surface area contributed by atoms with E-state index in [9.17, 15) is 4.39 Å². The number of hydrogen-bond acceptors (Lipinski definition) is 2. The summed E-state index contributed by atoms with van der Waals surface area (Å²) in [6, 6.07) is 6.97. The van der Waals surface area contributed by atoms with Gasteiger partial charge in [0.25, 0.3) is 0 Å². The molecule has 1 aromatic rings. The minimum Gasteiger partial charge on any atom is -0.330 e. The Morgan fingerprint density at radius 2 is 2.00 bits per heavy atom. The van der Waals surface area contributed by atoms with Gasteiger partial charge in [0.1, 0.15) is 5.82 Å². The summed E-state index contributed by atoms with van der Waals surface area (Å²) < 4.78 is 13.2. The van der Waals surface area contributed by atoms with Gasteiger partial charge in [-0.1, -0.05) is 26.0 Å². The van der Waals surface area contributed by atoms with Gasteiger partial charge in [0, 0.05) is 12.6 Å². The largest absolute Gasteiger partial charge is 0.330 e. The average Bonchev–Trinajstić information content (AvgIpc) is 2.27.